The third-order valence-corrected chi connectivity index (χ3v) is 5.33. The van der Waals surface area contributed by atoms with E-state index >= 15 is 0 Å². The summed E-state index contributed by atoms with van der Waals surface area (Å²) in [5.41, 5.74) is 4.65. The highest BCUT2D eigenvalue weighted by atomic mass is 32.1. The molecule has 28 heavy (non-hydrogen) atoms. The summed E-state index contributed by atoms with van der Waals surface area (Å²) in [5.74, 6) is 2.08. The summed E-state index contributed by atoms with van der Waals surface area (Å²) in [6, 6.07) is 12.2. The minimum atomic E-state index is 0.383. The number of ether oxygens (including phenoxy) is 2. The highest BCUT2D eigenvalue weighted by Crippen LogP contribution is 2.33. The molecule has 0 radical (unpaired) electrons. The van der Waals surface area contributed by atoms with Crippen molar-refractivity contribution in [3.8, 4) is 23.0 Å². The minimum absolute atomic E-state index is 0.383. The Morgan fingerprint density at radius 2 is 1.75 bits per heavy atom. The van der Waals surface area contributed by atoms with Crippen LogP contribution in [0.2, 0.25) is 0 Å². The van der Waals surface area contributed by atoms with Crippen LogP contribution in [0, 0.1) is 11.8 Å². The Kier molecular flexibility index (Phi) is 5.19. The molecule has 146 valence electrons. The van der Waals surface area contributed by atoms with E-state index in [9.17, 15) is 0 Å². The Labute approximate surface area is 169 Å². The van der Waals surface area contributed by atoms with Crippen LogP contribution in [-0.2, 0) is 19.6 Å². The molecule has 0 amide bonds. The number of nitrogens with zero attached hydrogens (tertiary/aromatic N) is 3. The van der Waals surface area contributed by atoms with Gasteiger partial charge in [0.15, 0.2) is 11.5 Å². The molecular weight excluding hydrogens is 374 g/mol. The highest BCUT2D eigenvalue weighted by Gasteiger charge is 2.20. The molecule has 0 fully saturated rings. The van der Waals surface area contributed by atoms with Crippen molar-refractivity contribution in [3.63, 3.8) is 0 Å². The van der Waals surface area contributed by atoms with Gasteiger partial charge in [0.2, 0.25) is 5.89 Å². The minimum Gasteiger partial charge on any atom is -0.493 e. The lowest BCUT2D eigenvalue weighted by molar-refractivity contribution is 0.185. The second kappa shape index (κ2) is 7.77. The van der Waals surface area contributed by atoms with E-state index in [1.807, 2.05) is 24.3 Å². The van der Waals surface area contributed by atoms with Crippen molar-refractivity contribution in [1.29, 1.82) is 0 Å². The SMILES string of the molecule is COc1cc2c(cc1OC)CN(Cn1nc(-c3ccc(C)cc3)oc1=S)CC2. The first kappa shape index (κ1) is 18.7. The van der Waals surface area contributed by atoms with Gasteiger partial charge in [-0.2, -0.15) is 0 Å². The smallest absolute Gasteiger partial charge is 0.288 e. The van der Waals surface area contributed by atoms with Crippen molar-refractivity contribution in [2.75, 3.05) is 20.8 Å². The largest absolute Gasteiger partial charge is 0.493 e. The van der Waals surface area contributed by atoms with Crippen LogP contribution < -0.4 is 9.47 Å². The van der Waals surface area contributed by atoms with Crippen molar-refractivity contribution in [2.24, 2.45) is 0 Å². The first-order valence-corrected chi connectivity index (χ1v) is 9.59. The monoisotopic (exact) mass is 397 g/mol. The van der Waals surface area contributed by atoms with Gasteiger partial charge in [0.1, 0.15) is 0 Å². The average molecular weight is 398 g/mol. The molecule has 7 heteroatoms. The molecule has 0 aliphatic carbocycles. The van der Waals surface area contributed by atoms with Gasteiger partial charge in [-0.3, -0.25) is 4.90 Å². The predicted molar refractivity (Wildman–Crippen MR) is 109 cm³/mol. The molecule has 0 saturated heterocycles. The number of fused-ring (bicyclic) bond motifs is 1. The molecule has 6 nitrogen and oxygen atoms in total. The van der Waals surface area contributed by atoms with E-state index in [2.05, 4.69) is 29.1 Å². The van der Waals surface area contributed by atoms with Crippen molar-refractivity contribution in [3.05, 3.63) is 57.9 Å². The van der Waals surface area contributed by atoms with E-state index in [4.69, 9.17) is 26.1 Å². The number of rotatable bonds is 5. The summed E-state index contributed by atoms with van der Waals surface area (Å²) in [5, 5.41) is 4.58. The zero-order valence-corrected chi connectivity index (χ0v) is 17.1. The lowest BCUT2D eigenvalue weighted by Crippen LogP contribution is -2.32. The van der Waals surface area contributed by atoms with Gasteiger partial charge in [0.05, 0.1) is 20.9 Å². The first-order chi connectivity index (χ1) is 13.6. The maximum absolute atomic E-state index is 5.72. The van der Waals surface area contributed by atoms with Crippen LogP contribution in [0.5, 0.6) is 11.5 Å². The molecule has 0 N–H and O–H groups in total. The summed E-state index contributed by atoms with van der Waals surface area (Å²) in [4.78, 5) is 2.68. The van der Waals surface area contributed by atoms with Gasteiger partial charge in [0, 0.05) is 18.7 Å². The fourth-order valence-electron chi connectivity index (χ4n) is 3.46. The lowest BCUT2D eigenvalue weighted by atomic mass is 9.99. The average Bonchev–Trinajstić information content (AvgIpc) is 3.07. The topological polar surface area (TPSA) is 52.7 Å². The summed E-state index contributed by atoms with van der Waals surface area (Å²) in [6.07, 6.45) is 0.936. The van der Waals surface area contributed by atoms with E-state index < -0.39 is 0 Å². The van der Waals surface area contributed by atoms with Crippen LogP contribution >= 0.6 is 12.2 Å². The van der Waals surface area contributed by atoms with Gasteiger partial charge < -0.3 is 13.9 Å². The zero-order valence-electron chi connectivity index (χ0n) is 16.3. The van der Waals surface area contributed by atoms with Gasteiger partial charge in [-0.1, -0.05) is 17.7 Å². The third-order valence-electron chi connectivity index (χ3n) is 5.04. The standard InChI is InChI=1S/C21H23N3O3S/c1-14-4-6-15(7-5-14)20-22-24(21(28)27-20)13-23-9-8-16-10-18(25-2)19(26-3)11-17(16)12-23/h4-7,10-11H,8-9,12-13H2,1-3H3. The molecule has 4 rings (SSSR count). The Bertz CT molecular complexity index is 1040. The molecule has 1 aliphatic heterocycles. The molecule has 0 saturated carbocycles. The molecule has 3 aromatic rings. The molecule has 2 aromatic carbocycles. The maximum atomic E-state index is 5.72. The third kappa shape index (κ3) is 3.68. The molecule has 2 heterocycles. The van der Waals surface area contributed by atoms with Crippen LogP contribution in [0.15, 0.2) is 40.8 Å². The van der Waals surface area contributed by atoms with E-state index in [-0.39, 0.29) is 0 Å². The quantitative estimate of drug-likeness (QED) is 0.601. The van der Waals surface area contributed by atoms with Crippen LogP contribution in [0.3, 0.4) is 0 Å². The number of aryl methyl sites for hydroxylation is 1. The van der Waals surface area contributed by atoms with Gasteiger partial charge in [-0.05, 0) is 61.0 Å². The second-order valence-electron chi connectivity index (χ2n) is 6.96. The normalized spacial score (nSPS) is 14.0. The van der Waals surface area contributed by atoms with Crippen LogP contribution in [-0.4, -0.2) is 35.4 Å². The maximum Gasteiger partial charge on any atom is 0.288 e. The van der Waals surface area contributed by atoms with Gasteiger partial charge in [-0.25, -0.2) is 4.68 Å². The Morgan fingerprint density at radius 3 is 2.43 bits per heavy atom. The van der Waals surface area contributed by atoms with E-state index in [1.165, 1.54) is 16.7 Å². The van der Waals surface area contributed by atoms with Gasteiger partial charge >= 0.3 is 0 Å². The Morgan fingerprint density at radius 1 is 1.07 bits per heavy atom. The van der Waals surface area contributed by atoms with Crippen molar-refractivity contribution in [2.45, 2.75) is 26.6 Å². The molecule has 0 unspecified atom stereocenters. The van der Waals surface area contributed by atoms with Crippen molar-refractivity contribution < 1.29 is 13.9 Å². The summed E-state index contributed by atoms with van der Waals surface area (Å²) in [6.45, 7) is 4.35. The molecule has 0 spiro atoms. The number of methoxy groups -OCH3 is 2. The van der Waals surface area contributed by atoms with Crippen molar-refractivity contribution >= 4 is 12.2 Å². The summed E-state index contributed by atoms with van der Waals surface area (Å²) >= 11 is 5.39. The fraction of sp³-hybridized carbons (Fsp3) is 0.333. The molecular formula is C21H23N3O3S. The van der Waals surface area contributed by atoms with E-state index in [1.54, 1.807) is 18.9 Å². The number of hydrogen-bond acceptors (Lipinski definition) is 6. The second-order valence-corrected chi connectivity index (χ2v) is 7.31. The summed E-state index contributed by atoms with van der Waals surface area (Å²) < 4.78 is 18.3. The number of benzene rings is 2. The van der Waals surface area contributed by atoms with E-state index in [0.29, 0.717) is 17.4 Å². The van der Waals surface area contributed by atoms with Crippen LogP contribution in [0.25, 0.3) is 11.5 Å². The molecule has 0 bridgehead atoms. The Hall–Kier alpha value is -2.64. The lowest BCUT2D eigenvalue weighted by Gasteiger charge is -2.29. The first-order valence-electron chi connectivity index (χ1n) is 9.18. The molecule has 1 aliphatic rings. The number of aromatic nitrogens is 2. The van der Waals surface area contributed by atoms with Crippen LogP contribution in [0.4, 0.5) is 0 Å². The Balaban J connectivity index is 1.53. The van der Waals surface area contributed by atoms with Crippen LogP contribution in [0.1, 0.15) is 16.7 Å². The van der Waals surface area contributed by atoms with Crippen molar-refractivity contribution in [1.82, 2.24) is 14.7 Å². The van der Waals surface area contributed by atoms with E-state index in [0.717, 1.165) is 36.6 Å². The predicted octanol–water partition coefficient (Wildman–Crippen LogP) is 4.21. The zero-order chi connectivity index (χ0) is 19.7. The highest BCUT2D eigenvalue weighted by molar-refractivity contribution is 7.71. The fourth-order valence-corrected chi connectivity index (χ4v) is 3.64. The van der Waals surface area contributed by atoms with Gasteiger partial charge in [0.25, 0.3) is 4.84 Å². The van der Waals surface area contributed by atoms with Gasteiger partial charge in [-0.15, -0.1) is 5.10 Å². The summed E-state index contributed by atoms with van der Waals surface area (Å²) in [7, 11) is 3.32. The molecule has 1 aromatic heterocycles. The number of hydrogen-bond donors (Lipinski definition) is 0. The molecule has 0 atom stereocenters.